The van der Waals surface area contributed by atoms with Crippen molar-refractivity contribution in [3.63, 3.8) is 0 Å². The van der Waals surface area contributed by atoms with Gasteiger partial charge in [-0.1, -0.05) is 51.1 Å². The maximum absolute atomic E-state index is 12.7. The van der Waals surface area contributed by atoms with Crippen molar-refractivity contribution >= 4 is 11.7 Å². The standard InChI is InChI=1S/C24H35N5O/c1-17(2)23-26-19(4)15-22(27-23)29-13-11-28(12-14-29)20(5)24(30)25-16-18(3)21-9-7-6-8-10-21/h6-10,15,17-18,20H,11-14,16H2,1-5H3,(H,25,30). The third kappa shape index (κ3) is 5.57. The summed E-state index contributed by atoms with van der Waals surface area (Å²) < 4.78 is 0. The van der Waals surface area contributed by atoms with Crippen molar-refractivity contribution in [1.29, 1.82) is 0 Å². The first-order chi connectivity index (χ1) is 14.3. The van der Waals surface area contributed by atoms with Gasteiger partial charge in [-0.2, -0.15) is 0 Å². The summed E-state index contributed by atoms with van der Waals surface area (Å²) in [4.78, 5) is 26.6. The van der Waals surface area contributed by atoms with E-state index in [9.17, 15) is 4.79 Å². The summed E-state index contributed by atoms with van der Waals surface area (Å²) in [7, 11) is 0. The first-order valence-electron chi connectivity index (χ1n) is 11.0. The van der Waals surface area contributed by atoms with Crippen LogP contribution in [0.4, 0.5) is 5.82 Å². The van der Waals surface area contributed by atoms with Crippen molar-refractivity contribution in [2.24, 2.45) is 0 Å². The van der Waals surface area contributed by atoms with Crippen LogP contribution in [0.15, 0.2) is 36.4 Å². The highest BCUT2D eigenvalue weighted by atomic mass is 16.2. The number of carbonyl (C=O) groups excluding carboxylic acids is 1. The summed E-state index contributed by atoms with van der Waals surface area (Å²) in [5.74, 6) is 2.61. The van der Waals surface area contributed by atoms with Gasteiger partial charge in [-0.05, 0) is 25.3 Å². The van der Waals surface area contributed by atoms with Crippen molar-refractivity contribution in [2.45, 2.75) is 52.5 Å². The van der Waals surface area contributed by atoms with Gasteiger partial charge < -0.3 is 10.2 Å². The molecular formula is C24H35N5O. The quantitative estimate of drug-likeness (QED) is 0.760. The van der Waals surface area contributed by atoms with Crippen LogP contribution in [0.5, 0.6) is 0 Å². The number of aromatic nitrogens is 2. The van der Waals surface area contributed by atoms with E-state index in [1.807, 2.05) is 32.0 Å². The van der Waals surface area contributed by atoms with Crippen molar-refractivity contribution < 1.29 is 4.79 Å². The van der Waals surface area contributed by atoms with Crippen LogP contribution < -0.4 is 10.2 Å². The molecule has 2 heterocycles. The minimum atomic E-state index is -0.131. The molecule has 1 aromatic heterocycles. The van der Waals surface area contributed by atoms with Gasteiger partial charge >= 0.3 is 0 Å². The van der Waals surface area contributed by atoms with Crippen LogP contribution >= 0.6 is 0 Å². The van der Waals surface area contributed by atoms with Crippen LogP contribution in [0.1, 0.15) is 56.6 Å². The summed E-state index contributed by atoms with van der Waals surface area (Å²) in [6.07, 6.45) is 0. The Kier molecular flexibility index (Phi) is 7.43. The van der Waals surface area contributed by atoms with E-state index in [0.717, 1.165) is 43.5 Å². The maximum atomic E-state index is 12.7. The molecule has 1 amide bonds. The molecule has 0 saturated carbocycles. The van der Waals surface area contributed by atoms with Gasteiger partial charge in [0.1, 0.15) is 11.6 Å². The molecule has 30 heavy (non-hydrogen) atoms. The smallest absolute Gasteiger partial charge is 0.237 e. The lowest BCUT2D eigenvalue weighted by molar-refractivity contribution is -0.126. The molecule has 2 aromatic rings. The van der Waals surface area contributed by atoms with Gasteiger partial charge in [0.05, 0.1) is 6.04 Å². The van der Waals surface area contributed by atoms with Gasteiger partial charge in [-0.25, -0.2) is 9.97 Å². The number of carbonyl (C=O) groups is 1. The average molecular weight is 410 g/mol. The number of nitrogens with zero attached hydrogens (tertiary/aromatic N) is 4. The Morgan fingerprint density at radius 2 is 1.70 bits per heavy atom. The molecule has 6 nitrogen and oxygen atoms in total. The van der Waals surface area contributed by atoms with Crippen LogP contribution in [-0.2, 0) is 4.79 Å². The fourth-order valence-electron chi connectivity index (χ4n) is 3.80. The molecule has 1 N–H and O–H groups in total. The Bertz CT molecular complexity index is 831. The number of hydrogen-bond acceptors (Lipinski definition) is 5. The summed E-state index contributed by atoms with van der Waals surface area (Å²) in [6, 6.07) is 12.2. The summed E-state index contributed by atoms with van der Waals surface area (Å²) >= 11 is 0. The molecule has 162 valence electrons. The Morgan fingerprint density at radius 1 is 1.03 bits per heavy atom. The van der Waals surface area contributed by atoms with E-state index in [4.69, 9.17) is 4.98 Å². The second kappa shape index (κ2) is 10.0. The number of piperazine rings is 1. The third-order valence-corrected chi connectivity index (χ3v) is 5.89. The van der Waals surface area contributed by atoms with Gasteiger partial charge in [-0.3, -0.25) is 9.69 Å². The predicted molar refractivity (Wildman–Crippen MR) is 122 cm³/mol. The van der Waals surface area contributed by atoms with E-state index >= 15 is 0 Å². The third-order valence-electron chi connectivity index (χ3n) is 5.89. The molecular weight excluding hydrogens is 374 g/mol. The SMILES string of the molecule is Cc1cc(N2CCN(C(C)C(=O)NCC(C)c3ccccc3)CC2)nc(C(C)C)n1. The molecule has 2 unspecified atom stereocenters. The Labute approximate surface area is 180 Å². The Hall–Kier alpha value is -2.47. The van der Waals surface area contributed by atoms with Gasteiger partial charge in [0.15, 0.2) is 0 Å². The lowest BCUT2D eigenvalue weighted by atomic mass is 10.0. The first kappa shape index (κ1) is 22.2. The van der Waals surface area contributed by atoms with Crippen molar-refractivity contribution in [2.75, 3.05) is 37.6 Å². The highest BCUT2D eigenvalue weighted by molar-refractivity contribution is 5.81. The molecule has 1 saturated heterocycles. The minimum Gasteiger partial charge on any atom is -0.354 e. The molecule has 1 aliphatic heterocycles. The molecule has 3 rings (SSSR count). The zero-order chi connectivity index (χ0) is 21.7. The molecule has 1 fully saturated rings. The van der Waals surface area contributed by atoms with Crippen molar-refractivity contribution in [1.82, 2.24) is 20.2 Å². The summed E-state index contributed by atoms with van der Waals surface area (Å²) in [5, 5.41) is 3.13. The maximum Gasteiger partial charge on any atom is 0.237 e. The van der Waals surface area contributed by atoms with Gasteiger partial charge in [0.25, 0.3) is 0 Å². The van der Waals surface area contributed by atoms with Crippen LogP contribution in [0.2, 0.25) is 0 Å². The van der Waals surface area contributed by atoms with Crippen molar-refractivity contribution in [3.05, 3.63) is 53.5 Å². The second-order valence-corrected chi connectivity index (χ2v) is 8.64. The average Bonchev–Trinajstić information content (AvgIpc) is 2.77. The fourth-order valence-corrected chi connectivity index (χ4v) is 3.80. The van der Waals surface area contributed by atoms with Crippen LogP contribution in [-0.4, -0.2) is 59.5 Å². The molecule has 0 radical (unpaired) electrons. The van der Waals surface area contributed by atoms with Gasteiger partial charge in [0, 0.05) is 50.4 Å². The Morgan fingerprint density at radius 3 is 2.33 bits per heavy atom. The number of amides is 1. The van der Waals surface area contributed by atoms with Crippen LogP contribution in [0, 0.1) is 6.92 Å². The van der Waals surface area contributed by atoms with Crippen LogP contribution in [0.25, 0.3) is 0 Å². The molecule has 1 aromatic carbocycles. The minimum absolute atomic E-state index is 0.103. The second-order valence-electron chi connectivity index (χ2n) is 8.64. The lowest BCUT2D eigenvalue weighted by Crippen LogP contribution is -2.54. The topological polar surface area (TPSA) is 61.4 Å². The van der Waals surface area contributed by atoms with E-state index < -0.39 is 0 Å². The number of aryl methyl sites for hydroxylation is 1. The normalized spacial score (nSPS) is 17.1. The first-order valence-corrected chi connectivity index (χ1v) is 11.0. The molecule has 1 aliphatic rings. The van der Waals surface area contributed by atoms with Crippen LogP contribution in [0.3, 0.4) is 0 Å². The van der Waals surface area contributed by atoms with Gasteiger partial charge in [0.2, 0.25) is 5.91 Å². The van der Waals surface area contributed by atoms with E-state index in [-0.39, 0.29) is 11.9 Å². The Balaban J connectivity index is 1.51. The van der Waals surface area contributed by atoms with Gasteiger partial charge in [-0.15, -0.1) is 0 Å². The molecule has 0 spiro atoms. The number of hydrogen-bond donors (Lipinski definition) is 1. The largest absolute Gasteiger partial charge is 0.354 e. The monoisotopic (exact) mass is 409 g/mol. The molecule has 6 heteroatoms. The zero-order valence-corrected chi connectivity index (χ0v) is 18.9. The highest BCUT2D eigenvalue weighted by Gasteiger charge is 2.26. The fraction of sp³-hybridized carbons (Fsp3) is 0.542. The number of benzene rings is 1. The predicted octanol–water partition coefficient (Wildman–Crippen LogP) is 3.34. The van der Waals surface area contributed by atoms with E-state index in [1.54, 1.807) is 0 Å². The number of rotatable bonds is 7. The lowest BCUT2D eigenvalue weighted by Gasteiger charge is -2.38. The number of anilines is 1. The molecule has 0 bridgehead atoms. The highest BCUT2D eigenvalue weighted by Crippen LogP contribution is 2.19. The number of nitrogens with one attached hydrogen (secondary N) is 1. The van der Waals surface area contributed by atoms with E-state index in [1.165, 1.54) is 5.56 Å². The summed E-state index contributed by atoms with van der Waals surface area (Å²) in [5.41, 5.74) is 2.26. The molecule has 0 aliphatic carbocycles. The zero-order valence-electron chi connectivity index (χ0n) is 18.9. The summed E-state index contributed by atoms with van der Waals surface area (Å²) in [6.45, 7) is 14.5. The molecule has 2 atom stereocenters. The van der Waals surface area contributed by atoms with E-state index in [0.29, 0.717) is 18.4 Å². The van der Waals surface area contributed by atoms with E-state index in [2.05, 4.69) is 59.1 Å². The van der Waals surface area contributed by atoms with Crippen molar-refractivity contribution in [3.8, 4) is 0 Å².